The second-order valence-corrected chi connectivity index (χ2v) is 5.19. The van der Waals surface area contributed by atoms with Gasteiger partial charge in [-0.25, -0.2) is 0 Å². The summed E-state index contributed by atoms with van der Waals surface area (Å²) in [5.74, 6) is 1.40. The molecule has 0 spiro atoms. The summed E-state index contributed by atoms with van der Waals surface area (Å²) in [7, 11) is 0. The first-order chi connectivity index (χ1) is 9.22. The van der Waals surface area contributed by atoms with Gasteiger partial charge in [-0.3, -0.25) is 0 Å². The van der Waals surface area contributed by atoms with E-state index in [2.05, 4.69) is 10.2 Å². The van der Waals surface area contributed by atoms with Crippen LogP contribution in [0.15, 0.2) is 35.5 Å². The van der Waals surface area contributed by atoms with Gasteiger partial charge in [0, 0.05) is 18.8 Å². The topological polar surface area (TPSA) is 77.0 Å². The number of thioether (sulfide) groups is 1. The van der Waals surface area contributed by atoms with Crippen molar-refractivity contribution in [3.63, 3.8) is 0 Å². The number of aryl methyl sites for hydroxylation is 1. The van der Waals surface area contributed by atoms with E-state index >= 15 is 0 Å². The van der Waals surface area contributed by atoms with Crippen molar-refractivity contribution in [1.82, 2.24) is 14.8 Å². The summed E-state index contributed by atoms with van der Waals surface area (Å²) >= 11 is 1.49. The molecule has 0 amide bonds. The zero-order chi connectivity index (χ0) is 13.7. The lowest BCUT2D eigenvalue weighted by atomic mass is 10.1. The summed E-state index contributed by atoms with van der Waals surface area (Å²) in [4.78, 5) is 0. The second kappa shape index (κ2) is 6.70. The lowest BCUT2D eigenvalue weighted by Gasteiger charge is -2.11. The van der Waals surface area contributed by atoms with Gasteiger partial charge in [-0.1, -0.05) is 42.1 Å². The van der Waals surface area contributed by atoms with Gasteiger partial charge >= 0.3 is 0 Å². The molecular formula is C13H18N4OS. The van der Waals surface area contributed by atoms with Gasteiger partial charge in [0.1, 0.15) is 5.82 Å². The Hall–Kier alpha value is -1.37. The fourth-order valence-corrected chi connectivity index (χ4v) is 2.76. The molecule has 1 aromatic heterocycles. The molecule has 3 N–H and O–H groups in total. The van der Waals surface area contributed by atoms with E-state index in [-0.39, 0.29) is 0 Å². The smallest absolute Gasteiger partial charge is 0.191 e. The average molecular weight is 278 g/mol. The Morgan fingerprint density at radius 1 is 1.32 bits per heavy atom. The van der Waals surface area contributed by atoms with Gasteiger partial charge in [0.15, 0.2) is 5.16 Å². The lowest BCUT2D eigenvalue weighted by Crippen LogP contribution is -2.12. The summed E-state index contributed by atoms with van der Waals surface area (Å²) < 4.78 is 1.97. The maximum absolute atomic E-state index is 10.1. The van der Waals surface area contributed by atoms with Crippen molar-refractivity contribution in [2.45, 2.75) is 24.7 Å². The van der Waals surface area contributed by atoms with Crippen molar-refractivity contribution in [3.8, 4) is 0 Å². The number of benzene rings is 1. The Bertz CT molecular complexity index is 515. The number of rotatable bonds is 6. The van der Waals surface area contributed by atoms with Crippen LogP contribution >= 0.6 is 11.8 Å². The van der Waals surface area contributed by atoms with Crippen LogP contribution < -0.4 is 5.73 Å². The molecule has 2 aromatic rings. The van der Waals surface area contributed by atoms with Crippen LogP contribution in [0.3, 0.4) is 0 Å². The van der Waals surface area contributed by atoms with Gasteiger partial charge in [-0.2, -0.15) is 0 Å². The summed E-state index contributed by atoms with van der Waals surface area (Å²) in [6, 6.07) is 9.61. The normalized spacial score (nSPS) is 12.6. The third kappa shape index (κ3) is 3.56. The van der Waals surface area contributed by atoms with Crippen LogP contribution in [0.5, 0.6) is 0 Å². The highest BCUT2D eigenvalue weighted by molar-refractivity contribution is 7.99. The quantitative estimate of drug-likeness (QED) is 0.780. The Morgan fingerprint density at radius 3 is 2.74 bits per heavy atom. The summed E-state index contributed by atoms with van der Waals surface area (Å²) in [5.41, 5.74) is 6.48. The van der Waals surface area contributed by atoms with Crippen LogP contribution in [0.2, 0.25) is 0 Å². The maximum atomic E-state index is 10.1. The van der Waals surface area contributed by atoms with E-state index in [9.17, 15) is 5.11 Å². The van der Waals surface area contributed by atoms with E-state index in [0.717, 1.165) is 16.5 Å². The third-order valence-electron chi connectivity index (χ3n) is 2.81. The molecule has 1 atom stereocenters. The van der Waals surface area contributed by atoms with E-state index in [1.54, 1.807) is 0 Å². The first kappa shape index (κ1) is 14.0. The van der Waals surface area contributed by atoms with E-state index in [1.165, 1.54) is 11.8 Å². The molecule has 0 saturated heterocycles. The van der Waals surface area contributed by atoms with Crippen molar-refractivity contribution < 1.29 is 5.11 Å². The van der Waals surface area contributed by atoms with Crippen LogP contribution in [0.4, 0.5) is 0 Å². The molecule has 0 aliphatic rings. The highest BCUT2D eigenvalue weighted by Crippen LogP contribution is 2.23. The van der Waals surface area contributed by atoms with Crippen molar-refractivity contribution in [2.24, 2.45) is 5.73 Å². The van der Waals surface area contributed by atoms with Crippen LogP contribution in [0.1, 0.15) is 17.5 Å². The largest absolute Gasteiger partial charge is 0.388 e. The second-order valence-electron chi connectivity index (χ2n) is 4.21. The molecule has 2 rings (SSSR count). The maximum Gasteiger partial charge on any atom is 0.191 e. The van der Waals surface area contributed by atoms with Crippen molar-refractivity contribution in [2.75, 3.05) is 12.3 Å². The molecule has 0 radical (unpaired) electrons. The highest BCUT2D eigenvalue weighted by Gasteiger charge is 2.12. The summed E-state index contributed by atoms with van der Waals surface area (Å²) in [6.45, 7) is 3.15. The molecule has 0 aliphatic carbocycles. The zero-order valence-corrected chi connectivity index (χ0v) is 11.7. The molecule has 102 valence electrons. The van der Waals surface area contributed by atoms with E-state index in [1.807, 2.05) is 41.8 Å². The summed E-state index contributed by atoms with van der Waals surface area (Å²) in [6.07, 6.45) is -0.505. The van der Waals surface area contributed by atoms with Crippen LogP contribution in [-0.4, -0.2) is 32.2 Å². The molecule has 0 bridgehead atoms. The molecule has 0 fully saturated rings. The van der Waals surface area contributed by atoms with E-state index in [4.69, 9.17) is 5.73 Å². The Morgan fingerprint density at radius 2 is 2.05 bits per heavy atom. The number of aliphatic hydroxyl groups is 1. The minimum atomic E-state index is -0.505. The minimum Gasteiger partial charge on any atom is -0.388 e. The molecular weight excluding hydrogens is 260 g/mol. The van der Waals surface area contributed by atoms with E-state index in [0.29, 0.717) is 18.8 Å². The number of aliphatic hydroxyl groups excluding tert-OH is 1. The predicted molar refractivity (Wildman–Crippen MR) is 75.9 cm³/mol. The van der Waals surface area contributed by atoms with Gasteiger partial charge in [0.2, 0.25) is 0 Å². The Kier molecular flexibility index (Phi) is 4.95. The number of nitrogens with zero attached hydrogens (tertiary/aromatic N) is 3. The number of hydrogen-bond donors (Lipinski definition) is 2. The molecule has 5 nitrogen and oxygen atoms in total. The molecule has 0 saturated carbocycles. The fraction of sp³-hybridized carbons (Fsp3) is 0.385. The zero-order valence-electron chi connectivity index (χ0n) is 10.9. The number of hydrogen-bond acceptors (Lipinski definition) is 5. The van der Waals surface area contributed by atoms with Crippen molar-refractivity contribution >= 4 is 11.8 Å². The van der Waals surface area contributed by atoms with Gasteiger partial charge in [-0.05, 0) is 12.5 Å². The molecule has 1 aromatic carbocycles. The SMILES string of the molecule is Cc1nnc(SCC(O)c2ccccc2)n1CCN. The first-order valence-electron chi connectivity index (χ1n) is 6.18. The monoisotopic (exact) mass is 278 g/mol. The standard InChI is InChI=1S/C13H18N4OS/c1-10-15-16-13(17(10)8-7-14)19-9-12(18)11-5-3-2-4-6-11/h2-6,12,18H,7-9,14H2,1H3. The Balaban J connectivity index is 1.99. The van der Waals surface area contributed by atoms with Crippen LogP contribution in [0, 0.1) is 6.92 Å². The lowest BCUT2D eigenvalue weighted by molar-refractivity contribution is 0.204. The highest BCUT2D eigenvalue weighted by atomic mass is 32.2. The molecule has 6 heteroatoms. The molecule has 0 aliphatic heterocycles. The average Bonchev–Trinajstić information content (AvgIpc) is 2.79. The van der Waals surface area contributed by atoms with Gasteiger partial charge < -0.3 is 15.4 Å². The molecule has 1 heterocycles. The van der Waals surface area contributed by atoms with Crippen LogP contribution in [-0.2, 0) is 6.54 Å². The fourth-order valence-electron chi connectivity index (χ4n) is 1.78. The summed E-state index contributed by atoms with van der Waals surface area (Å²) in [5, 5.41) is 19.1. The predicted octanol–water partition coefficient (Wildman–Crippen LogP) is 1.37. The van der Waals surface area contributed by atoms with Crippen molar-refractivity contribution in [1.29, 1.82) is 0 Å². The first-order valence-corrected chi connectivity index (χ1v) is 7.16. The molecule has 1 unspecified atom stereocenters. The van der Waals surface area contributed by atoms with Gasteiger partial charge in [0.25, 0.3) is 0 Å². The molecule has 19 heavy (non-hydrogen) atoms. The van der Waals surface area contributed by atoms with Gasteiger partial charge in [-0.15, -0.1) is 10.2 Å². The number of nitrogens with two attached hydrogens (primary N) is 1. The van der Waals surface area contributed by atoms with Gasteiger partial charge in [0.05, 0.1) is 6.10 Å². The van der Waals surface area contributed by atoms with Crippen molar-refractivity contribution in [3.05, 3.63) is 41.7 Å². The number of aromatic nitrogens is 3. The minimum absolute atomic E-state index is 0.505. The van der Waals surface area contributed by atoms with E-state index < -0.39 is 6.10 Å². The Labute approximate surface area is 116 Å². The third-order valence-corrected chi connectivity index (χ3v) is 3.85. The van der Waals surface area contributed by atoms with Crippen LogP contribution in [0.25, 0.3) is 0 Å².